The van der Waals surface area contributed by atoms with E-state index < -0.39 is 0 Å². The van der Waals surface area contributed by atoms with Crippen LogP contribution in [0.4, 0.5) is 0 Å². The lowest BCUT2D eigenvalue weighted by molar-refractivity contribution is 0.461. The molecule has 2 N–H and O–H groups in total. The Hall–Kier alpha value is -1.35. The van der Waals surface area contributed by atoms with E-state index in [2.05, 4.69) is 12.6 Å². The molecule has 0 amide bonds. The van der Waals surface area contributed by atoms with E-state index in [0.29, 0.717) is 10.3 Å². The van der Waals surface area contributed by atoms with E-state index in [-0.39, 0.29) is 11.5 Å². The lowest BCUT2D eigenvalue weighted by Crippen LogP contribution is -1.75. The van der Waals surface area contributed by atoms with E-state index in [9.17, 15) is 10.2 Å². The quantitative estimate of drug-likeness (QED) is 0.561. The van der Waals surface area contributed by atoms with Crippen LogP contribution < -0.4 is 0 Å². The van der Waals surface area contributed by atoms with Gasteiger partial charge >= 0.3 is 0 Å². The second-order valence-electron chi connectivity index (χ2n) is 2.84. The number of benzene rings is 2. The Labute approximate surface area is 80.9 Å². The maximum atomic E-state index is 9.45. The minimum absolute atomic E-state index is 0.0809. The summed E-state index contributed by atoms with van der Waals surface area (Å²) in [6.07, 6.45) is 0. The Morgan fingerprint density at radius 1 is 1.00 bits per heavy atom. The fourth-order valence-electron chi connectivity index (χ4n) is 1.29. The molecule has 66 valence electrons. The van der Waals surface area contributed by atoms with Crippen LogP contribution in [0.2, 0.25) is 0 Å². The van der Waals surface area contributed by atoms with Crippen LogP contribution in [-0.2, 0) is 0 Å². The van der Waals surface area contributed by atoms with Crippen molar-refractivity contribution in [2.45, 2.75) is 4.90 Å². The first-order valence-electron chi connectivity index (χ1n) is 3.82. The highest BCUT2D eigenvalue weighted by atomic mass is 32.1. The van der Waals surface area contributed by atoms with Crippen molar-refractivity contribution in [3.63, 3.8) is 0 Å². The minimum Gasteiger partial charge on any atom is -0.507 e. The summed E-state index contributed by atoms with van der Waals surface area (Å²) in [5.74, 6) is 0.249. The van der Waals surface area contributed by atoms with Gasteiger partial charge in [0, 0.05) is 10.3 Å². The molecule has 2 aromatic carbocycles. The number of aromatic hydroxyl groups is 2. The maximum Gasteiger partial charge on any atom is 0.129 e. The molecule has 13 heavy (non-hydrogen) atoms. The van der Waals surface area contributed by atoms with Gasteiger partial charge in [-0.15, -0.1) is 12.6 Å². The van der Waals surface area contributed by atoms with Crippen molar-refractivity contribution in [1.29, 1.82) is 0 Å². The van der Waals surface area contributed by atoms with Gasteiger partial charge in [-0.1, -0.05) is 12.1 Å². The molecule has 0 aliphatic carbocycles. The highest BCUT2D eigenvalue weighted by Gasteiger charge is 2.03. The van der Waals surface area contributed by atoms with Crippen LogP contribution in [-0.4, -0.2) is 10.2 Å². The van der Waals surface area contributed by atoms with Gasteiger partial charge in [-0.05, 0) is 23.6 Å². The number of thiol groups is 1. The largest absolute Gasteiger partial charge is 0.507 e. The molecule has 0 aromatic heterocycles. The average Bonchev–Trinajstić information content (AvgIpc) is 2.09. The van der Waals surface area contributed by atoms with E-state index in [0.717, 1.165) is 5.39 Å². The number of rotatable bonds is 0. The molecule has 0 saturated carbocycles. The van der Waals surface area contributed by atoms with Gasteiger partial charge in [0.1, 0.15) is 11.5 Å². The molecule has 2 rings (SSSR count). The van der Waals surface area contributed by atoms with Crippen LogP contribution >= 0.6 is 12.6 Å². The zero-order valence-electron chi connectivity index (χ0n) is 6.73. The molecular formula is C10H8O2S. The number of hydrogen-bond acceptors (Lipinski definition) is 3. The van der Waals surface area contributed by atoms with Crippen molar-refractivity contribution in [3.05, 3.63) is 30.3 Å². The normalized spacial score (nSPS) is 10.5. The molecule has 0 aliphatic rings. The Balaban J connectivity index is 2.89. The van der Waals surface area contributed by atoms with Gasteiger partial charge in [0.2, 0.25) is 0 Å². The Kier molecular flexibility index (Phi) is 1.81. The Morgan fingerprint density at radius 3 is 2.54 bits per heavy atom. The van der Waals surface area contributed by atoms with E-state index in [1.165, 1.54) is 6.07 Å². The summed E-state index contributed by atoms with van der Waals surface area (Å²) < 4.78 is 0. The molecule has 0 fully saturated rings. The SMILES string of the molecule is Oc1cc2c(O)cccc2cc1S. The van der Waals surface area contributed by atoms with Crippen molar-refractivity contribution >= 4 is 23.4 Å². The maximum absolute atomic E-state index is 9.45. The first-order chi connectivity index (χ1) is 6.18. The summed E-state index contributed by atoms with van der Waals surface area (Å²) in [7, 11) is 0. The van der Waals surface area contributed by atoms with Crippen LogP contribution in [0.5, 0.6) is 11.5 Å². The summed E-state index contributed by atoms with van der Waals surface area (Å²) in [6.45, 7) is 0. The Morgan fingerprint density at radius 2 is 1.77 bits per heavy atom. The minimum atomic E-state index is 0.0809. The van der Waals surface area contributed by atoms with E-state index in [1.807, 2.05) is 6.07 Å². The van der Waals surface area contributed by atoms with Gasteiger partial charge in [-0.25, -0.2) is 0 Å². The second-order valence-corrected chi connectivity index (χ2v) is 3.32. The van der Waals surface area contributed by atoms with Gasteiger partial charge in [-0.2, -0.15) is 0 Å². The molecule has 3 heteroatoms. The summed E-state index contributed by atoms with van der Waals surface area (Å²) in [5, 5.41) is 20.3. The molecule has 0 bridgehead atoms. The second kappa shape index (κ2) is 2.85. The fraction of sp³-hybridized carbons (Fsp3) is 0. The van der Waals surface area contributed by atoms with E-state index in [1.54, 1.807) is 18.2 Å². The third kappa shape index (κ3) is 1.31. The summed E-state index contributed by atoms with van der Waals surface area (Å²) in [6, 6.07) is 8.41. The number of phenols is 2. The molecular weight excluding hydrogens is 184 g/mol. The van der Waals surface area contributed by atoms with Crippen molar-refractivity contribution in [3.8, 4) is 11.5 Å². The lowest BCUT2D eigenvalue weighted by atomic mass is 10.1. The zero-order chi connectivity index (χ0) is 9.42. The van der Waals surface area contributed by atoms with Crippen LogP contribution in [0, 0.1) is 0 Å². The van der Waals surface area contributed by atoms with Gasteiger partial charge < -0.3 is 10.2 Å². The Bertz CT molecular complexity index is 466. The smallest absolute Gasteiger partial charge is 0.129 e. The van der Waals surface area contributed by atoms with Crippen molar-refractivity contribution in [2.24, 2.45) is 0 Å². The molecule has 2 aromatic rings. The standard InChI is InChI=1S/C10H8O2S/c11-8-3-1-2-6-4-10(13)9(12)5-7(6)8/h1-5,11-13H. The summed E-state index contributed by atoms with van der Waals surface area (Å²) >= 11 is 4.08. The van der Waals surface area contributed by atoms with Crippen molar-refractivity contribution < 1.29 is 10.2 Å². The van der Waals surface area contributed by atoms with Gasteiger partial charge in [0.15, 0.2) is 0 Å². The average molecular weight is 192 g/mol. The molecule has 0 saturated heterocycles. The molecule has 0 atom stereocenters. The van der Waals surface area contributed by atoms with Gasteiger partial charge in [0.05, 0.1) is 0 Å². The predicted molar refractivity (Wildman–Crippen MR) is 54.5 cm³/mol. The van der Waals surface area contributed by atoms with Crippen molar-refractivity contribution in [1.82, 2.24) is 0 Å². The predicted octanol–water partition coefficient (Wildman–Crippen LogP) is 2.54. The topological polar surface area (TPSA) is 40.5 Å². The van der Waals surface area contributed by atoms with E-state index in [4.69, 9.17) is 0 Å². The monoisotopic (exact) mass is 192 g/mol. The van der Waals surface area contributed by atoms with Crippen LogP contribution in [0.15, 0.2) is 35.2 Å². The van der Waals surface area contributed by atoms with Crippen LogP contribution in [0.3, 0.4) is 0 Å². The lowest BCUT2D eigenvalue weighted by Gasteiger charge is -2.03. The molecule has 0 aliphatic heterocycles. The molecule has 0 unspecified atom stereocenters. The molecule has 0 spiro atoms. The number of hydrogen-bond donors (Lipinski definition) is 3. The molecule has 2 nitrogen and oxygen atoms in total. The molecule has 0 radical (unpaired) electrons. The van der Waals surface area contributed by atoms with Crippen LogP contribution in [0.1, 0.15) is 0 Å². The summed E-state index contributed by atoms with van der Waals surface area (Å²) in [5.41, 5.74) is 0. The fourth-order valence-corrected chi connectivity index (χ4v) is 1.49. The number of phenolic OH excluding ortho intramolecular Hbond substituents is 2. The van der Waals surface area contributed by atoms with Crippen LogP contribution in [0.25, 0.3) is 10.8 Å². The molecule has 0 heterocycles. The summed E-state index contributed by atoms with van der Waals surface area (Å²) in [4.78, 5) is 0.512. The highest BCUT2D eigenvalue weighted by molar-refractivity contribution is 7.80. The van der Waals surface area contributed by atoms with Crippen molar-refractivity contribution in [2.75, 3.05) is 0 Å². The first kappa shape index (κ1) is 8.26. The van der Waals surface area contributed by atoms with E-state index >= 15 is 0 Å². The third-order valence-electron chi connectivity index (χ3n) is 1.95. The number of fused-ring (bicyclic) bond motifs is 1. The first-order valence-corrected chi connectivity index (χ1v) is 4.27. The third-order valence-corrected chi connectivity index (χ3v) is 2.31. The zero-order valence-corrected chi connectivity index (χ0v) is 7.62. The van der Waals surface area contributed by atoms with Gasteiger partial charge in [0.25, 0.3) is 0 Å². The highest BCUT2D eigenvalue weighted by Crippen LogP contribution is 2.32. The van der Waals surface area contributed by atoms with Gasteiger partial charge in [-0.3, -0.25) is 0 Å².